The number of hydrogen-bond donors (Lipinski definition) is 1. The third-order valence-electron chi connectivity index (χ3n) is 2.51. The molecule has 0 bridgehead atoms. The smallest absolute Gasteiger partial charge is 0.252 e. The van der Waals surface area contributed by atoms with Crippen LogP contribution in [0.15, 0.2) is 12.2 Å². The Kier molecular flexibility index (Phi) is 1.89. The van der Waals surface area contributed by atoms with Gasteiger partial charge in [-0.3, -0.25) is 4.79 Å². The lowest BCUT2D eigenvalue weighted by Gasteiger charge is -2.36. The van der Waals surface area contributed by atoms with Gasteiger partial charge in [0.1, 0.15) is 5.60 Å². The first-order chi connectivity index (χ1) is 5.83. The molecule has 0 aromatic heterocycles. The summed E-state index contributed by atoms with van der Waals surface area (Å²) in [5.74, 6) is 0.0677. The number of rotatable bonds is 0. The van der Waals surface area contributed by atoms with Gasteiger partial charge in [0.25, 0.3) is 5.91 Å². The number of hydrogen-bond acceptors (Lipinski definition) is 2. The third-order valence-corrected chi connectivity index (χ3v) is 2.51. The number of amides is 1. The van der Waals surface area contributed by atoms with Crippen molar-refractivity contribution in [3.63, 3.8) is 0 Å². The third kappa shape index (κ3) is 1.14. The predicted octanol–water partition coefficient (Wildman–Crippen LogP) is 0.612. The van der Waals surface area contributed by atoms with Gasteiger partial charge in [-0.2, -0.15) is 0 Å². The van der Waals surface area contributed by atoms with Crippen LogP contribution in [0.3, 0.4) is 0 Å². The van der Waals surface area contributed by atoms with Crippen molar-refractivity contribution in [2.24, 2.45) is 0 Å². The van der Waals surface area contributed by atoms with Gasteiger partial charge < -0.3 is 10.1 Å². The molecule has 2 aliphatic rings. The Morgan fingerprint density at radius 1 is 1.50 bits per heavy atom. The molecule has 1 amide bonds. The molecule has 1 atom stereocenters. The van der Waals surface area contributed by atoms with Gasteiger partial charge >= 0.3 is 0 Å². The zero-order valence-corrected chi connectivity index (χ0v) is 7.01. The standard InChI is InChI=1S/C9H13NO2/c11-8-9(12-7-6-10-8)4-2-1-3-5-9/h1-2H,3-7H2,(H,10,11). The second-order valence-electron chi connectivity index (χ2n) is 3.31. The maximum Gasteiger partial charge on any atom is 0.252 e. The van der Waals surface area contributed by atoms with Crippen LogP contribution in [0.25, 0.3) is 0 Å². The van der Waals surface area contributed by atoms with E-state index >= 15 is 0 Å². The van der Waals surface area contributed by atoms with E-state index < -0.39 is 5.60 Å². The van der Waals surface area contributed by atoms with Gasteiger partial charge in [0.2, 0.25) is 0 Å². The molecule has 1 aliphatic carbocycles. The van der Waals surface area contributed by atoms with E-state index in [1.54, 1.807) is 0 Å². The van der Waals surface area contributed by atoms with Crippen molar-refractivity contribution in [3.8, 4) is 0 Å². The van der Waals surface area contributed by atoms with Crippen molar-refractivity contribution in [2.75, 3.05) is 13.2 Å². The van der Waals surface area contributed by atoms with Crippen molar-refractivity contribution < 1.29 is 9.53 Å². The zero-order valence-electron chi connectivity index (χ0n) is 7.01. The second kappa shape index (κ2) is 2.90. The van der Waals surface area contributed by atoms with Crippen LogP contribution < -0.4 is 5.32 Å². The molecule has 1 saturated heterocycles. The van der Waals surface area contributed by atoms with E-state index in [0.29, 0.717) is 13.2 Å². The highest BCUT2D eigenvalue weighted by atomic mass is 16.5. The number of nitrogens with one attached hydrogen (secondary N) is 1. The highest BCUT2D eigenvalue weighted by Crippen LogP contribution is 2.29. The van der Waals surface area contributed by atoms with Gasteiger partial charge in [-0.25, -0.2) is 0 Å². The zero-order chi connectivity index (χ0) is 8.44. The minimum absolute atomic E-state index is 0.0677. The second-order valence-corrected chi connectivity index (χ2v) is 3.31. The van der Waals surface area contributed by atoms with E-state index in [0.717, 1.165) is 19.3 Å². The topological polar surface area (TPSA) is 38.3 Å². The lowest BCUT2D eigenvalue weighted by Crippen LogP contribution is -2.55. The van der Waals surface area contributed by atoms with E-state index in [-0.39, 0.29) is 5.91 Å². The molecule has 0 saturated carbocycles. The van der Waals surface area contributed by atoms with Gasteiger partial charge in [0.15, 0.2) is 0 Å². The van der Waals surface area contributed by atoms with Crippen LogP contribution in [-0.2, 0) is 9.53 Å². The summed E-state index contributed by atoms with van der Waals surface area (Å²) in [4.78, 5) is 11.5. The molecule has 2 rings (SSSR count). The number of allylic oxidation sites excluding steroid dienone is 1. The Hall–Kier alpha value is -0.830. The summed E-state index contributed by atoms with van der Waals surface area (Å²) in [6, 6.07) is 0. The molecular formula is C9H13NO2. The summed E-state index contributed by atoms with van der Waals surface area (Å²) in [5.41, 5.74) is -0.521. The molecule has 1 aliphatic heterocycles. The average Bonchev–Trinajstić information content (AvgIpc) is 2.12. The SMILES string of the molecule is O=C1NCCOC12CC=CCC2. The Morgan fingerprint density at radius 3 is 3.08 bits per heavy atom. The lowest BCUT2D eigenvalue weighted by molar-refractivity contribution is -0.155. The van der Waals surface area contributed by atoms with Gasteiger partial charge in [-0.05, 0) is 12.8 Å². The quantitative estimate of drug-likeness (QED) is 0.537. The Balaban J connectivity index is 2.16. The minimum Gasteiger partial charge on any atom is -0.363 e. The van der Waals surface area contributed by atoms with E-state index in [2.05, 4.69) is 11.4 Å². The normalized spacial score (nSPS) is 35.2. The molecule has 66 valence electrons. The van der Waals surface area contributed by atoms with Gasteiger partial charge in [0, 0.05) is 13.0 Å². The molecule has 1 N–H and O–H groups in total. The molecular weight excluding hydrogens is 154 g/mol. The molecule has 1 heterocycles. The van der Waals surface area contributed by atoms with E-state index in [1.807, 2.05) is 6.08 Å². The Bertz CT molecular complexity index is 225. The number of morpholine rings is 1. The summed E-state index contributed by atoms with van der Waals surface area (Å²) in [6.45, 7) is 1.31. The number of carbonyl (C=O) groups is 1. The fourth-order valence-corrected chi connectivity index (χ4v) is 1.79. The first-order valence-electron chi connectivity index (χ1n) is 4.41. The molecule has 3 nitrogen and oxygen atoms in total. The first-order valence-corrected chi connectivity index (χ1v) is 4.41. The molecule has 3 heteroatoms. The average molecular weight is 167 g/mol. The summed E-state index contributed by atoms with van der Waals surface area (Å²) >= 11 is 0. The van der Waals surface area contributed by atoms with Crippen molar-refractivity contribution in [2.45, 2.75) is 24.9 Å². The summed E-state index contributed by atoms with van der Waals surface area (Å²) in [7, 11) is 0. The van der Waals surface area contributed by atoms with Crippen molar-refractivity contribution >= 4 is 5.91 Å². The van der Waals surface area contributed by atoms with Gasteiger partial charge in [-0.15, -0.1) is 0 Å². The highest BCUT2D eigenvalue weighted by molar-refractivity contribution is 5.86. The van der Waals surface area contributed by atoms with Crippen molar-refractivity contribution in [1.29, 1.82) is 0 Å². The van der Waals surface area contributed by atoms with Crippen LogP contribution in [0.4, 0.5) is 0 Å². The van der Waals surface area contributed by atoms with E-state index in [1.165, 1.54) is 0 Å². The largest absolute Gasteiger partial charge is 0.363 e. The maximum atomic E-state index is 11.5. The van der Waals surface area contributed by atoms with Crippen LogP contribution >= 0.6 is 0 Å². The van der Waals surface area contributed by atoms with Crippen molar-refractivity contribution in [1.82, 2.24) is 5.32 Å². The first kappa shape index (κ1) is 7.80. The summed E-state index contributed by atoms with van der Waals surface area (Å²) < 4.78 is 5.56. The van der Waals surface area contributed by atoms with Gasteiger partial charge in [-0.1, -0.05) is 12.2 Å². The molecule has 1 fully saturated rings. The fourth-order valence-electron chi connectivity index (χ4n) is 1.79. The van der Waals surface area contributed by atoms with Crippen LogP contribution in [-0.4, -0.2) is 24.7 Å². The fraction of sp³-hybridized carbons (Fsp3) is 0.667. The van der Waals surface area contributed by atoms with Crippen LogP contribution in [0.5, 0.6) is 0 Å². The van der Waals surface area contributed by atoms with Gasteiger partial charge in [0.05, 0.1) is 6.61 Å². The minimum atomic E-state index is -0.521. The predicted molar refractivity (Wildman–Crippen MR) is 44.7 cm³/mol. The van der Waals surface area contributed by atoms with Crippen LogP contribution in [0, 0.1) is 0 Å². The van der Waals surface area contributed by atoms with E-state index in [4.69, 9.17) is 4.74 Å². The molecule has 1 spiro atoms. The lowest BCUT2D eigenvalue weighted by atomic mass is 9.87. The molecule has 0 radical (unpaired) electrons. The molecule has 0 aromatic rings. The Labute approximate surface area is 71.8 Å². The maximum absolute atomic E-state index is 11.5. The molecule has 1 unspecified atom stereocenters. The Morgan fingerprint density at radius 2 is 2.42 bits per heavy atom. The summed E-state index contributed by atoms with van der Waals surface area (Å²) in [5, 5.41) is 2.84. The highest BCUT2D eigenvalue weighted by Gasteiger charge is 2.40. The van der Waals surface area contributed by atoms with Crippen LogP contribution in [0.1, 0.15) is 19.3 Å². The molecule has 0 aromatic carbocycles. The van der Waals surface area contributed by atoms with Crippen molar-refractivity contribution in [3.05, 3.63) is 12.2 Å². The monoisotopic (exact) mass is 167 g/mol. The van der Waals surface area contributed by atoms with E-state index in [9.17, 15) is 4.79 Å². The summed E-state index contributed by atoms with van der Waals surface area (Å²) in [6.07, 6.45) is 6.66. The van der Waals surface area contributed by atoms with Crippen LogP contribution in [0.2, 0.25) is 0 Å². The number of ether oxygens (including phenoxy) is 1. The molecule has 12 heavy (non-hydrogen) atoms. The number of carbonyl (C=O) groups excluding carboxylic acids is 1.